The van der Waals surface area contributed by atoms with Gasteiger partial charge in [-0.2, -0.15) is 0 Å². The van der Waals surface area contributed by atoms with E-state index < -0.39 is 12.0 Å². The third kappa shape index (κ3) is 4.70. The quantitative estimate of drug-likeness (QED) is 0.600. The Morgan fingerprint density at radius 1 is 1.65 bits per heavy atom. The van der Waals surface area contributed by atoms with Crippen LogP contribution in [0.2, 0.25) is 0 Å². The minimum Gasteiger partial charge on any atom is -0.481 e. The first kappa shape index (κ1) is 13.9. The Kier molecular flexibility index (Phi) is 5.93. The zero-order valence-corrected chi connectivity index (χ0v) is 10.1. The van der Waals surface area contributed by atoms with Gasteiger partial charge in [0, 0.05) is 32.8 Å². The summed E-state index contributed by atoms with van der Waals surface area (Å²) in [5, 5.41) is 11.5. The van der Waals surface area contributed by atoms with Crippen LogP contribution in [0.1, 0.15) is 19.8 Å². The average molecular weight is 244 g/mol. The number of ether oxygens (including phenoxy) is 1. The number of hydrogen-bond acceptors (Lipinski definition) is 4. The number of hydrogen-bond donors (Lipinski definition) is 2. The maximum absolute atomic E-state index is 11.6. The normalized spacial score (nSPS) is 21.2. The Labute approximate surface area is 101 Å². The summed E-state index contributed by atoms with van der Waals surface area (Å²) in [4.78, 5) is 24.2. The Morgan fingerprint density at radius 3 is 3.06 bits per heavy atom. The standard InChI is InChI=1S/C11H20N2O4/c1-2-17-7-3-5-13-6-4-12-11(16)9(13)8-10(14)15/h9H,2-8H2,1H3,(H,12,16)(H,14,15). The Balaban J connectivity index is 2.42. The van der Waals surface area contributed by atoms with E-state index in [1.54, 1.807) is 0 Å². The number of nitrogens with one attached hydrogen (secondary N) is 1. The molecular weight excluding hydrogens is 224 g/mol. The van der Waals surface area contributed by atoms with E-state index in [4.69, 9.17) is 9.84 Å². The number of rotatable bonds is 7. The molecule has 0 aromatic carbocycles. The molecular formula is C11H20N2O4. The van der Waals surface area contributed by atoms with E-state index >= 15 is 0 Å². The van der Waals surface area contributed by atoms with Crippen molar-refractivity contribution in [3.05, 3.63) is 0 Å². The summed E-state index contributed by atoms with van der Waals surface area (Å²) in [6.07, 6.45) is 0.678. The molecule has 1 atom stereocenters. The average Bonchev–Trinajstić information content (AvgIpc) is 2.28. The van der Waals surface area contributed by atoms with Gasteiger partial charge in [0.15, 0.2) is 0 Å². The van der Waals surface area contributed by atoms with Crippen LogP contribution in [-0.4, -0.2) is 60.8 Å². The molecule has 0 saturated carbocycles. The predicted molar refractivity (Wildman–Crippen MR) is 61.7 cm³/mol. The molecule has 1 aliphatic heterocycles. The minimum absolute atomic E-state index is 0.138. The fraction of sp³-hybridized carbons (Fsp3) is 0.818. The lowest BCUT2D eigenvalue weighted by Gasteiger charge is -2.34. The van der Waals surface area contributed by atoms with Crippen molar-refractivity contribution < 1.29 is 19.4 Å². The van der Waals surface area contributed by atoms with Gasteiger partial charge in [0.2, 0.25) is 5.91 Å². The lowest BCUT2D eigenvalue weighted by Crippen LogP contribution is -2.56. The Bertz CT molecular complexity index is 270. The highest BCUT2D eigenvalue weighted by molar-refractivity contribution is 5.86. The highest BCUT2D eigenvalue weighted by Gasteiger charge is 2.30. The maximum atomic E-state index is 11.6. The van der Waals surface area contributed by atoms with E-state index in [0.29, 0.717) is 32.8 Å². The SMILES string of the molecule is CCOCCCN1CCNC(=O)C1CC(=O)O. The fourth-order valence-corrected chi connectivity index (χ4v) is 1.93. The van der Waals surface area contributed by atoms with E-state index in [2.05, 4.69) is 5.32 Å². The highest BCUT2D eigenvalue weighted by atomic mass is 16.5. The van der Waals surface area contributed by atoms with Gasteiger partial charge >= 0.3 is 5.97 Å². The molecule has 1 heterocycles. The number of amides is 1. The van der Waals surface area contributed by atoms with Gasteiger partial charge in [-0.3, -0.25) is 14.5 Å². The molecule has 0 aromatic rings. The first-order chi connectivity index (χ1) is 8.15. The van der Waals surface area contributed by atoms with Crippen LogP contribution in [0.3, 0.4) is 0 Å². The zero-order chi connectivity index (χ0) is 12.7. The Hall–Kier alpha value is -1.14. The van der Waals surface area contributed by atoms with Crippen molar-refractivity contribution in [2.75, 3.05) is 32.8 Å². The summed E-state index contributed by atoms with van der Waals surface area (Å²) in [6, 6.07) is -0.539. The largest absolute Gasteiger partial charge is 0.481 e. The summed E-state index contributed by atoms with van der Waals surface area (Å²) in [7, 11) is 0. The van der Waals surface area contributed by atoms with Crippen molar-refractivity contribution in [3.8, 4) is 0 Å². The summed E-state index contributed by atoms with van der Waals surface area (Å²) < 4.78 is 5.22. The first-order valence-electron chi connectivity index (χ1n) is 5.96. The summed E-state index contributed by atoms with van der Waals surface area (Å²) in [5.41, 5.74) is 0. The Morgan fingerprint density at radius 2 is 2.41 bits per heavy atom. The van der Waals surface area contributed by atoms with Gasteiger partial charge in [0.1, 0.15) is 0 Å². The minimum atomic E-state index is -0.943. The molecule has 0 bridgehead atoms. The van der Waals surface area contributed by atoms with Crippen molar-refractivity contribution in [2.24, 2.45) is 0 Å². The molecule has 6 heteroatoms. The molecule has 17 heavy (non-hydrogen) atoms. The van der Waals surface area contributed by atoms with Crippen LogP contribution >= 0.6 is 0 Å². The van der Waals surface area contributed by atoms with Crippen LogP contribution in [0.5, 0.6) is 0 Å². The molecule has 0 spiro atoms. The van der Waals surface area contributed by atoms with Crippen LogP contribution in [0.4, 0.5) is 0 Å². The predicted octanol–water partition coefficient (Wildman–Crippen LogP) is -0.312. The maximum Gasteiger partial charge on any atom is 0.305 e. The molecule has 1 fully saturated rings. The van der Waals surface area contributed by atoms with E-state index in [1.165, 1.54) is 0 Å². The van der Waals surface area contributed by atoms with E-state index in [0.717, 1.165) is 6.42 Å². The number of nitrogens with zero attached hydrogens (tertiary/aromatic N) is 1. The number of aliphatic carboxylic acids is 1. The van der Waals surface area contributed by atoms with Crippen molar-refractivity contribution in [3.63, 3.8) is 0 Å². The van der Waals surface area contributed by atoms with E-state index in [9.17, 15) is 9.59 Å². The smallest absolute Gasteiger partial charge is 0.305 e. The molecule has 1 unspecified atom stereocenters. The number of carbonyl (C=O) groups excluding carboxylic acids is 1. The molecule has 0 aromatic heterocycles. The molecule has 1 aliphatic rings. The molecule has 1 saturated heterocycles. The molecule has 98 valence electrons. The molecule has 1 amide bonds. The molecule has 2 N–H and O–H groups in total. The van der Waals surface area contributed by atoms with Crippen LogP contribution in [0.15, 0.2) is 0 Å². The third-order valence-corrected chi connectivity index (χ3v) is 2.75. The first-order valence-corrected chi connectivity index (χ1v) is 5.96. The lowest BCUT2D eigenvalue weighted by atomic mass is 10.1. The van der Waals surface area contributed by atoms with Crippen molar-refractivity contribution in [1.82, 2.24) is 10.2 Å². The second-order valence-electron chi connectivity index (χ2n) is 3.99. The van der Waals surface area contributed by atoms with E-state index in [-0.39, 0.29) is 12.3 Å². The highest BCUT2D eigenvalue weighted by Crippen LogP contribution is 2.09. The van der Waals surface area contributed by atoms with Gasteiger partial charge in [-0.25, -0.2) is 0 Å². The van der Waals surface area contributed by atoms with Gasteiger partial charge < -0.3 is 15.2 Å². The summed E-state index contributed by atoms with van der Waals surface area (Å²) >= 11 is 0. The van der Waals surface area contributed by atoms with E-state index in [1.807, 2.05) is 11.8 Å². The van der Waals surface area contributed by atoms with Gasteiger partial charge in [0.05, 0.1) is 12.5 Å². The number of carboxylic acid groups (broad SMARTS) is 1. The fourth-order valence-electron chi connectivity index (χ4n) is 1.93. The zero-order valence-electron chi connectivity index (χ0n) is 10.1. The van der Waals surface area contributed by atoms with Gasteiger partial charge in [-0.15, -0.1) is 0 Å². The molecule has 6 nitrogen and oxygen atoms in total. The van der Waals surface area contributed by atoms with Crippen molar-refractivity contribution in [1.29, 1.82) is 0 Å². The van der Waals surface area contributed by atoms with Crippen LogP contribution < -0.4 is 5.32 Å². The lowest BCUT2D eigenvalue weighted by molar-refractivity contribution is -0.143. The molecule has 0 aliphatic carbocycles. The second-order valence-corrected chi connectivity index (χ2v) is 3.99. The van der Waals surface area contributed by atoms with Crippen LogP contribution in [0.25, 0.3) is 0 Å². The monoisotopic (exact) mass is 244 g/mol. The summed E-state index contributed by atoms with van der Waals surface area (Å²) in [5.74, 6) is -1.13. The summed E-state index contributed by atoms with van der Waals surface area (Å²) in [6.45, 7) is 5.25. The van der Waals surface area contributed by atoms with Gasteiger partial charge in [0.25, 0.3) is 0 Å². The van der Waals surface area contributed by atoms with Crippen LogP contribution in [0, 0.1) is 0 Å². The molecule has 0 radical (unpaired) electrons. The van der Waals surface area contributed by atoms with Crippen LogP contribution in [-0.2, 0) is 14.3 Å². The third-order valence-electron chi connectivity index (χ3n) is 2.75. The number of piperazine rings is 1. The number of carbonyl (C=O) groups is 2. The van der Waals surface area contributed by atoms with Crippen molar-refractivity contribution in [2.45, 2.75) is 25.8 Å². The van der Waals surface area contributed by atoms with Gasteiger partial charge in [-0.05, 0) is 13.3 Å². The van der Waals surface area contributed by atoms with Gasteiger partial charge in [-0.1, -0.05) is 0 Å². The second kappa shape index (κ2) is 7.24. The van der Waals surface area contributed by atoms with Crippen molar-refractivity contribution >= 4 is 11.9 Å². The number of carboxylic acids is 1. The molecule has 1 rings (SSSR count). The topological polar surface area (TPSA) is 78.9 Å².